The Bertz CT molecular complexity index is 546. The van der Waals surface area contributed by atoms with Gasteiger partial charge in [-0.1, -0.05) is 18.2 Å². The van der Waals surface area contributed by atoms with Crippen molar-refractivity contribution in [1.29, 1.82) is 0 Å². The summed E-state index contributed by atoms with van der Waals surface area (Å²) in [5.74, 6) is 0.535. The minimum Gasteiger partial charge on any atom is -0.342 e. The highest BCUT2D eigenvalue weighted by Crippen LogP contribution is 2.19. The first-order chi connectivity index (χ1) is 11.6. The molecule has 3 nitrogen and oxygen atoms in total. The smallest absolute Gasteiger partial charge is 0.226 e. The zero-order valence-corrected chi connectivity index (χ0v) is 14.7. The summed E-state index contributed by atoms with van der Waals surface area (Å²) in [7, 11) is 0. The van der Waals surface area contributed by atoms with Gasteiger partial charge in [-0.2, -0.15) is 0 Å². The highest BCUT2D eigenvalue weighted by Gasteiger charge is 2.23. The summed E-state index contributed by atoms with van der Waals surface area (Å²) >= 11 is 0. The molecule has 1 saturated heterocycles. The zero-order valence-electron chi connectivity index (χ0n) is 14.7. The molecule has 1 amide bonds. The molecule has 1 aliphatic heterocycles. The van der Waals surface area contributed by atoms with Gasteiger partial charge in [0.15, 0.2) is 0 Å². The molecule has 4 heteroatoms. The normalized spacial score (nSPS) is 18.3. The molecule has 1 fully saturated rings. The van der Waals surface area contributed by atoms with Crippen LogP contribution in [0.3, 0.4) is 0 Å². The van der Waals surface area contributed by atoms with Gasteiger partial charge >= 0.3 is 0 Å². The number of hydrogen-bond donors (Lipinski definition) is 0. The number of hydrogen-bond acceptors (Lipinski definition) is 2. The van der Waals surface area contributed by atoms with Gasteiger partial charge in [-0.25, -0.2) is 4.39 Å². The first kappa shape index (κ1) is 18.7. The lowest BCUT2D eigenvalue weighted by atomic mass is 9.96. The Kier molecular flexibility index (Phi) is 7.44. The van der Waals surface area contributed by atoms with E-state index in [1.54, 1.807) is 18.2 Å². The summed E-state index contributed by atoms with van der Waals surface area (Å²) < 4.78 is 13.3. The fraction of sp³-hybridized carbons (Fsp3) is 0.550. The van der Waals surface area contributed by atoms with Crippen LogP contribution in [0, 0.1) is 11.7 Å². The number of nitrogens with zero attached hydrogens (tertiary/aromatic N) is 2. The standard InChI is InChI=1S/C20H29FN2O/c1-3-7-20(24)23(4-2)16-18-9-6-12-22(15-18)13-11-17-8-5-10-19(21)14-17/h3,5,8,10,14,18H,1,4,6-7,9,11-13,15-16H2,2H3/t18-/m0/s1. The first-order valence-electron chi connectivity index (χ1n) is 8.97. The van der Waals surface area contributed by atoms with E-state index in [9.17, 15) is 9.18 Å². The second-order valence-corrected chi connectivity index (χ2v) is 6.61. The Morgan fingerprint density at radius 1 is 1.50 bits per heavy atom. The number of benzene rings is 1. The number of likely N-dealkylation sites (tertiary alicyclic amines) is 1. The largest absolute Gasteiger partial charge is 0.342 e. The SMILES string of the molecule is C=CCC(=O)N(CC)C[C@H]1CCCN(CCc2cccc(F)c2)C1. The predicted octanol–water partition coefficient (Wildman–Crippen LogP) is 3.50. The second-order valence-electron chi connectivity index (χ2n) is 6.61. The fourth-order valence-electron chi connectivity index (χ4n) is 3.45. The molecule has 1 aromatic carbocycles. The van der Waals surface area contributed by atoms with Gasteiger partial charge in [-0.05, 0) is 56.3 Å². The number of carbonyl (C=O) groups is 1. The molecule has 0 aromatic heterocycles. The van der Waals surface area contributed by atoms with E-state index in [0.29, 0.717) is 12.3 Å². The van der Waals surface area contributed by atoms with Crippen molar-refractivity contribution in [3.05, 3.63) is 48.3 Å². The van der Waals surface area contributed by atoms with E-state index in [0.717, 1.165) is 44.7 Å². The van der Waals surface area contributed by atoms with Gasteiger partial charge in [0.25, 0.3) is 0 Å². The molecule has 24 heavy (non-hydrogen) atoms. The number of halogens is 1. The third kappa shape index (κ3) is 5.75. The molecular weight excluding hydrogens is 303 g/mol. The van der Waals surface area contributed by atoms with E-state index in [1.807, 2.05) is 17.9 Å². The van der Waals surface area contributed by atoms with Crippen LogP contribution in [0.1, 0.15) is 31.7 Å². The average Bonchev–Trinajstić information content (AvgIpc) is 2.58. The van der Waals surface area contributed by atoms with Gasteiger partial charge in [-0.3, -0.25) is 4.79 Å². The molecule has 0 bridgehead atoms. The molecule has 0 saturated carbocycles. The number of carbonyl (C=O) groups excluding carboxylic acids is 1. The van der Waals surface area contributed by atoms with Gasteiger partial charge < -0.3 is 9.80 Å². The van der Waals surface area contributed by atoms with E-state index in [4.69, 9.17) is 0 Å². The summed E-state index contributed by atoms with van der Waals surface area (Å²) in [6.07, 6.45) is 5.31. The molecule has 0 unspecified atom stereocenters. The lowest BCUT2D eigenvalue weighted by Gasteiger charge is -2.35. The van der Waals surface area contributed by atoms with Crippen molar-refractivity contribution < 1.29 is 9.18 Å². The highest BCUT2D eigenvalue weighted by atomic mass is 19.1. The van der Waals surface area contributed by atoms with Crippen molar-refractivity contribution in [3.8, 4) is 0 Å². The quantitative estimate of drug-likeness (QED) is 0.680. The summed E-state index contributed by atoms with van der Waals surface area (Å²) in [5, 5.41) is 0. The van der Waals surface area contributed by atoms with Crippen LogP contribution >= 0.6 is 0 Å². The molecular formula is C20H29FN2O. The summed E-state index contributed by atoms with van der Waals surface area (Å²) in [4.78, 5) is 16.5. The maximum Gasteiger partial charge on any atom is 0.226 e. The van der Waals surface area contributed by atoms with Gasteiger partial charge in [0.1, 0.15) is 5.82 Å². The van der Waals surface area contributed by atoms with Crippen LogP contribution in [0.4, 0.5) is 4.39 Å². The molecule has 132 valence electrons. The molecule has 0 aliphatic carbocycles. The van der Waals surface area contributed by atoms with Crippen molar-refractivity contribution in [3.63, 3.8) is 0 Å². The van der Waals surface area contributed by atoms with Gasteiger partial charge in [-0.15, -0.1) is 6.58 Å². The summed E-state index contributed by atoms with van der Waals surface area (Å²) in [5.41, 5.74) is 1.05. The Morgan fingerprint density at radius 3 is 3.04 bits per heavy atom. The minimum absolute atomic E-state index is 0.164. The maximum absolute atomic E-state index is 13.3. The molecule has 1 aliphatic rings. The Labute approximate surface area is 145 Å². The lowest BCUT2D eigenvalue weighted by Crippen LogP contribution is -2.43. The van der Waals surface area contributed by atoms with Crippen molar-refractivity contribution in [2.24, 2.45) is 5.92 Å². The third-order valence-electron chi connectivity index (χ3n) is 4.74. The lowest BCUT2D eigenvalue weighted by molar-refractivity contribution is -0.131. The Balaban J connectivity index is 1.82. The van der Waals surface area contributed by atoms with E-state index in [1.165, 1.54) is 18.9 Å². The molecule has 0 radical (unpaired) electrons. The second kappa shape index (κ2) is 9.58. The Morgan fingerprint density at radius 2 is 2.33 bits per heavy atom. The van der Waals surface area contributed by atoms with Crippen molar-refractivity contribution in [2.45, 2.75) is 32.6 Å². The summed E-state index contributed by atoms with van der Waals surface area (Å²) in [6.45, 7) is 10.3. The average molecular weight is 332 g/mol. The summed E-state index contributed by atoms with van der Waals surface area (Å²) in [6, 6.07) is 6.86. The molecule has 2 rings (SSSR count). The topological polar surface area (TPSA) is 23.6 Å². The zero-order chi connectivity index (χ0) is 17.4. The van der Waals surface area contributed by atoms with Gasteiger partial charge in [0.2, 0.25) is 5.91 Å². The number of rotatable bonds is 8. The number of piperidine rings is 1. The maximum atomic E-state index is 13.3. The van der Waals surface area contributed by atoms with E-state index < -0.39 is 0 Å². The van der Waals surface area contributed by atoms with Crippen LogP contribution in [-0.2, 0) is 11.2 Å². The molecule has 0 spiro atoms. The van der Waals surface area contributed by atoms with Crippen LogP contribution in [0.25, 0.3) is 0 Å². The van der Waals surface area contributed by atoms with Crippen LogP contribution in [0.5, 0.6) is 0 Å². The van der Waals surface area contributed by atoms with Crippen molar-refractivity contribution >= 4 is 5.91 Å². The first-order valence-corrected chi connectivity index (χ1v) is 8.97. The van der Waals surface area contributed by atoms with Crippen molar-refractivity contribution in [2.75, 3.05) is 32.7 Å². The van der Waals surface area contributed by atoms with Crippen LogP contribution in [0.15, 0.2) is 36.9 Å². The van der Waals surface area contributed by atoms with E-state index in [2.05, 4.69) is 11.5 Å². The van der Waals surface area contributed by atoms with E-state index >= 15 is 0 Å². The van der Waals surface area contributed by atoms with Crippen LogP contribution < -0.4 is 0 Å². The molecule has 0 N–H and O–H groups in total. The Hall–Kier alpha value is -1.68. The third-order valence-corrected chi connectivity index (χ3v) is 4.74. The predicted molar refractivity (Wildman–Crippen MR) is 96.3 cm³/mol. The van der Waals surface area contributed by atoms with Gasteiger partial charge in [0.05, 0.1) is 0 Å². The van der Waals surface area contributed by atoms with Gasteiger partial charge in [0, 0.05) is 32.6 Å². The fourth-order valence-corrected chi connectivity index (χ4v) is 3.45. The van der Waals surface area contributed by atoms with Crippen LogP contribution in [-0.4, -0.2) is 48.4 Å². The molecule has 1 atom stereocenters. The monoisotopic (exact) mass is 332 g/mol. The molecule has 1 heterocycles. The highest BCUT2D eigenvalue weighted by molar-refractivity contribution is 5.77. The van der Waals surface area contributed by atoms with Crippen molar-refractivity contribution in [1.82, 2.24) is 9.80 Å². The minimum atomic E-state index is -0.164. The van der Waals surface area contributed by atoms with Crippen LogP contribution in [0.2, 0.25) is 0 Å². The molecule has 1 aromatic rings. The number of amides is 1. The van der Waals surface area contributed by atoms with E-state index in [-0.39, 0.29) is 11.7 Å².